The van der Waals surface area contributed by atoms with Gasteiger partial charge in [0.2, 0.25) is 5.91 Å². The Morgan fingerprint density at radius 3 is 2.26 bits per heavy atom. The van der Waals surface area contributed by atoms with Gasteiger partial charge in [0.05, 0.1) is 0 Å². The lowest BCUT2D eigenvalue weighted by molar-refractivity contribution is -0.126. The number of nitrogens with zero attached hydrogens (tertiary/aromatic N) is 1. The summed E-state index contributed by atoms with van der Waals surface area (Å²) in [6.07, 6.45) is 17.9. The van der Waals surface area contributed by atoms with Gasteiger partial charge in [0.25, 0.3) is 0 Å². The zero-order valence-corrected chi connectivity index (χ0v) is 12.7. The van der Waals surface area contributed by atoms with Crippen molar-refractivity contribution in [3.8, 4) is 0 Å². The van der Waals surface area contributed by atoms with Crippen molar-refractivity contribution < 1.29 is 4.79 Å². The summed E-state index contributed by atoms with van der Waals surface area (Å²) in [5, 5.41) is 0. The van der Waals surface area contributed by atoms with Crippen LogP contribution in [0.25, 0.3) is 0 Å². The number of rotatable bonds is 9. The lowest BCUT2D eigenvalue weighted by Gasteiger charge is -2.25. The summed E-state index contributed by atoms with van der Waals surface area (Å²) in [5.74, 6) is 0.225. The van der Waals surface area contributed by atoms with Gasteiger partial charge < -0.3 is 4.90 Å². The molecule has 110 valence electrons. The van der Waals surface area contributed by atoms with Crippen molar-refractivity contribution in [3.05, 3.63) is 12.2 Å². The van der Waals surface area contributed by atoms with Gasteiger partial charge in [-0.15, -0.1) is 0 Å². The van der Waals surface area contributed by atoms with E-state index in [9.17, 15) is 4.79 Å². The Labute approximate surface area is 119 Å². The molecule has 0 bridgehead atoms. The zero-order chi connectivity index (χ0) is 13.8. The number of likely N-dealkylation sites (tertiary alicyclic amines) is 1. The Morgan fingerprint density at radius 2 is 1.58 bits per heavy atom. The maximum atomic E-state index is 11.8. The molecule has 0 aromatic heterocycles. The van der Waals surface area contributed by atoms with Gasteiger partial charge in [-0.05, 0) is 38.2 Å². The number of hydrogen-bond donors (Lipinski definition) is 0. The molecule has 1 saturated heterocycles. The molecular formula is C17H31NO. The number of piperidine rings is 1. The summed E-state index contributed by atoms with van der Waals surface area (Å²) >= 11 is 0. The van der Waals surface area contributed by atoms with Crippen LogP contribution in [-0.4, -0.2) is 23.9 Å². The summed E-state index contributed by atoms with van der Waals surface area (Å²) in [4.78, 5) is 13.8. The molecule has 1 heterocycles. The molecule has 2 nitrogen and oxygen atoms in total. The number of hydrogen-bond acceptors (Lipinski definition) is 1. The normalized spacial score (nSPS) is 16.2. The van der Waals surface area contributed by atoms with Crippen LogP contribution in [0.5, 0.6) is 0 Å². The van der Waals surface area contributed by atoms with Crippen molar-refractivity contribution in [3.63, 3.8) is 0 Å². The quantitative estimate of drug-likeness (QED) is 0.437. The van der Waals surface area contributed by atoms with E-state index in [1.165, 1.54) is 64.2 Å². The van der Waals surface area contributed by atoms with Gasteiger partial charge in [-0.1, -0.05) is 51.5 Å². The Morgan fingerprint density at radius 1 is 0.947 bits per heavy atom. The van der Waals surface area contributed by atoms with E-state index in [1.807, 2.05) is 4.90 Å². The Bertz CT molecular complexity index is 254. The Balaban J connectivity index is 1.95. The molecular weight excluding hydrogens is 234 g/mol. The second-order valence-corrected chi connectivity index (χ2v) is 5.70. The molecule has 1 aliphatic rings. The minimum atomic E-state index is 0.225. The van der Waals surface area contributed by atoms with Crippen LogP contribution in [0.4, 0.5) is 0 Å². The lowest BCUT2D eigenvalue weighted by atomic mass is 10.1. The van der Waals surface area contributed by atoms with E-state index in [1.54, 1.807) is 6.08 Å². The largest absolute Gasteiger partial charge is 0.339 e. The zero-order valence-electron chi connectivity index (χ0n) is 12.7. The lowest BCUT2D eigenvalue weighted by Crippen LogP contribution is -2.34. The third kappa shape index (κ3) is 8.07. The molecule has 2 heteroatoms. The number of amides is 1. The second kappa shape index (κ2) is 11.1. The fraction of sp³-hybridized carbons (Fsp3) is 0.824. The van der Waals surface area contributed by atoms with Crippen molar-refractivity contribution in [1.29, 1.82) is 0 Å². The first-order valence-corrected chi connectivity index (χ1v) is 8.30. The van der Waals surface area contributed by atoms with E-state index >= 15 is 0 Å². The van der Waals surface area contributed by atoms with Crippen LogP contribution < -0.4 is 0 Å². The maximum Gasteiger partial charge on any atom is 0.246 e. The van der Waals surface area contributed by atoms with Crippen LogP contribution in [0.1, 0.15) is 77.6 Å². The molecule has 0 unspecified atom stereocenters. The van der Waals surface area contributed by atoms with E-state index in [0.717, 1.165) is 19.5 Å². The molecule has 0 aliphatic carbocycles. The molecule has 0 aromatic rings. The minimum absolute atomic E-state index is 0.225. The molecule has 0 spiro atoms. The Kier molecular flexibility index (Phi) is 9.48. The van der Waals surface area contributed by atoms with Crippen molar-refractivity contribution in [1.82, 2.24) is 4.90 Å². The first-order chi connectivity index (χ1) is 9.34. The van der Waals surface area contributed by atoms with Gasteiger partial charge in [-0.25, -0.2) is 0 Å². The summed E-state index contributed by atoms with van der Waals surface area (Å²) in [7, 11) is 0. The fourth-order valence-electron chi connectivity index (χ4n) is 2.62. The molecule has 0 radical (unpaired) electrons. The van der Waals surface area contributed by atoms with Gasteiger partial charge in [-0.2, -0.15) is 0 Å². The molecule has 1 aliphatic heterocycles. The highest BCUT2D eigenvalue weighted by molar-refractivity contribution is 5.87. The average molecular weight is 265 g/mol. The van der Waals surface area contributed by atoms with Crippen LogP contribution in [-0.2, 0) is 4.79 Å². The SMILES string of the molecule is CCCCCCCCC/C=C\C(=O)N1CCCCC1. The van der Waals surface area contributed by atoms with E-state index in [0.29, 0.717) is 0 Å². The highest BCUT2D eigenvalue weighted by Gasteiger charge is 2.13. The summed E-state index contributed by atoms with van der Waals surface area (Å²) in [6.45, 7) is 4.17. The monoisotopic (exact) mass is 265 g/mol. The standard InChI is InChI=1S/C17H31NO/c1-2-3-4-5-6-7-8-9-11-14-17(19)18-15-12-10-13-16-18/h11,14H,2-10,12-13,15-16H2,1H3/b14-11-. The summed E-state index contributed by atoms with van der Waals surface area (Å²) in [5.41, 5.74) is 0. The van der Waals surface area contributed by atoms with E-state index < -0.39 is 0 Å². The number of carbonyl (C=O) groups is 1. The van der Waals surface area contributed by atoms with Crippen molar-refractivity contribution >= 4 is 5.91 Å². The fourth-order valence-corrected chi connectivity index (χ4v) is 2.62. The van der Waals surface area contributed by atoms with Gasteiger partial charge in [0.1, 0.15) is 0 Å². The predicted octanol–water partition coefficient (Wildman–Crippen LogP) is 4.70. The molecule has 0 N–H and O–H groups in total. The van der Waals surface area contributed by atoms with Crippen molar-refractivity contribution in [2.24, 2.45) is 0 Å². The van der Waals surface area contributed by atoms with Crippen LogP contribution in [0.3, 0.4) is 0 Å². The molecule has 19 heavy (non-hydrogen) atoms. The van der Waals surface area contributed by atoms with Gasteiger partial charge >= 0.3 is 0 Å². The first-order valence-electron chi connectivity index (χ1n) is 8.30. The van der Waals surface area contributed by atoms with E-state index in [2.05, 4.69) is 13.0 Å². The third-order valence-corrected chi connectivity index (χ3v) is 3.90. The van der Waals surface area contributed by atoms with E-state index in [-0.39, 0.29) is 5.91 Å². The van der Waals surface area contributed by atoms with Crippen LogP contribution in [0.2, 0.25) is 0 Å². The van der Waals surface area contributed by atoms with Gasteiger partial charge in [-0.3, -0.25) is 4.79 Å². The molecule has 0 atom stereocenters. The third-order valence-electron chi connectivity index (χ3n) is 3.90. The smallest absolute Gasteiger partial charge is 0.246 e. The topological polar surface area (TPSA) is 20.3 Å². The molecule has 1 fully saturated rings. The molecule has 0 aromatic carbocycles. The van der Waals surface area contributed by atoms with Crippen molar-refractivity contribution in [2.75, 3.05) is 13.1 Å². The second-order valence-electron chi connectivity index (χ2n) is 5.70. The van der Waals surface area contributed by atoms with Gasteiger partial charge in [0, 0.05) is 13.1 Å². The minimum Gasteiger partial charge on any atom is -0.339 e. The summed E-state index contributed by atoms with van der Waals surface area (Å²) < 4.78 is 0. The van der Waals surface area contributed by atoms with Crippen LogP contribution in [0.15, 0.2) is 12.2 Å². The Hall–Kier alpha value is -0.790. The number of carbonyl (C=O) groups excluding carboxylic acids is 1. The average Bonchev–Trinajstić information content (AvgIpc) is 2.46. The number of allylic oxidation sites excluding steroid dienone is 1. The highest BCUT2D eigenvalue weighted by atomic mass is 16.2. The molecule has 0 saturated carbocycles. The summed E-state index contributed by atoms with van der Waals surface area (Å²) in [6, 6.07) is 0. The predicted molar refractivity (Wildman–Crippen MR) is 82.2 cm³/mol. The molecule has 1 amide bonds. The molecule has 1 rings (SSSR count). The van der Waals surface area contributed by atoms with Crippen LogP contribution >= 0.6 is 0 Å². The van der Waals surface area contributed by atoms with Crippen molar-refractivity contribution in [2.45, 2.75) is 77.6 Å². The number of unbranched alkanes of at least 4 members (excludes halogenated alkanes) is 7. The highest BCUT2D eigenvalue weighted by Crippen LogP contribution is 2.10. The van der Waals surface area contributed by atoms with E-state index in [4.69, 9.17) is 0 Å². The first kappa shape index (κ1) is 16.3. The maximum absolute atomic E-state index is 11.8. The van der Waals surface area contributed by atoms with Gasteiger partial charge in [0.15, 0.2) is 0 Å². The van der Waals surface area contributed by atoms with Crippen LogP contribution in [0, 0.1) is 0 Å².